The predicted molar refractivity (Wildman–Crippen MR) is 78.3 cm³/mol. The zero-order chi connectivity index (χ0) is 13.0. The van der Waals surface area contributed by atoms with Gasteiger partial charge in [-0.2, -0.15) is 0 Å². The molecular weight excluding hydrogens is 242 g/mol. The highest BCUT2D eigenvalue weighted by molar-refractivity contribution is 7.12. The van der Waals surface area contributed by atoms with Crippen molar-refractivity contribution < 1.29 is 4.74 Å². The fraction of sp³-hybridized carbons (Fsp3) is 0.733. The Morgan fingerprint density at radius 1 is 1.39 bits per heavy atom. The Labute approximate surface area is 115 Å². The molecule has 0 aromatic carbocycles. The summed E-state index contributed by atoms with van der Waals surface area (Å²) in [6, 6.07) is 4.86. The van der Waals surface area contributed by atoms with Crippen molar-refractivity contribution in [2.75, 3.05) is 13.7 Å². The van der Waals surface area contributed by atoms with Crippen molar-refractivity contribution in [3.8, 4) is 0 Å². The molecule has 0 aliphatic heterocycles. The van der Waals surface area contributed by atoms with Gasteiger partial charge in [-0.05, 0) is 44.9 Å². The molecule has 3 heteroatoms. The zero-order valence-electron chi connectivity index (χ0n) is 11.8. The van der Waals surface area contributed by atoms with Crippen LogP contribution in [0.25, 0.3) is 0 Å². The normalized spacial score (nSPS) is 20.2. The van der Waals surface area contributed by atoms with Crippen LogP contribution in [-0.4, -0.2) is 19.3 Å². The maximum absolute atomic E-state index is 5.97. The third kappa shape index (κ3) is 2.79. The van der Waals surface area contributed by atoms with Crippen LogP contribution in [0.2, 0.25) is 0 Å². The maximum Gasteiger partial charge on any atom is 0.0880 e. The van der Waals surface area contributed by atoms with Crippen LogP contribution in [0.15, 0.2) is 12.1 Å². The van der Waals surface area contributed by atoms with Crippen LogP contribution in [0.1, 0.15) is 54.8 Å². The Hall–Kier alpha value is -0.380. The first-order valence-corrected chi connectivity index (χ1v) is 7.88. The van der Waals surface area contributed by atoms with Crippen LogP contribution in [-0.2, 0) is 4.74 Å². The van der Waals surface area contributed by atoms with E-state index in [0.717, 1.165) is 6.54 Å². The van der Waals surface area contributed by atoms with E-state index in [-0.39, 0.29) is 5.60 Å². The molecule has 102 valence electrons. The average molecular weight is 267 g/mol. The molecule has 1 aromatic heterocycles. The summed E-state index contributed by atoms with van der Waals surface area (Å²) in [6.07, 6.45) is 6.12. The molecule has 1 aliphatic rings. The minimum atomic E-state index is 0.0203. The molecule has 1 aliphatic carbocycles. The summed E-state index contributed by atoms with van der Waals surface area (Å²) in [4.78, 5) is 2.82. The highest BCUT2D eigenvalue weighted by atomic mass is 32.1. The molecule has 0 radical (unpaired) electrons. The van der Waals surface area contributed by atoms with E-state index in [9.17, 15) is 0 Å². The number of ether oxygens (including phenoxy) is 1. The van der Waals surface area contributed by atoms with Gasteiger partial charge in [-0.25, -0.2) is 0 Å². The molecular formula is C15H25NOS. The van der Waals surface area contributed by atoms with Gasteiger partial charge < -0.3 is 10.1 Å². The molecule has 1 N–H and O–H groups in total. The molecule has 1 unspecified atom stereocenters. The summed E-state index contributed by atoms with van der Waals surface area (Å²) in [6.45, 7) is 5.46. The van der Waals surface area contributed by atoms with E-state index in [2.05, 4.69) is 31.3 Å². The molecule has 0 amide bonds. The van der Waals surface area contributed by atoms with E-state index in [4.69, 9.17) is 4.74 Å². The number of aryl methyl sites for hydroxylation is 1. The SMILES string of the molecule is CCCNC(c1ccc(C)s1)C1(OC)CCCC1. The van der Waals surface area contributed by atoms with Crippen molar-refractivity contribution in [1.29, 1.82) is 0 Å². The van der Waals surface area contributed by atoms with Gasteiger partial charge in [0.05, 0.1) is 11.6 Å². The minimum Gasteiger partial charge on any atom is -0.376 e. The number of thiophene rings is 1. The topological polar surface area (TPSA) is 21.3 Å². The van der Waals surface area contributed by atoms with Gasteiger partial charge in [-0.15, -0.1) is 11.3 Å². The molecule has 1 saturated carbocycles. The first kappa shape index (κ1) is 14.0. The first-order valence-electron chi connectivity index (χ1n) is 7.07. The number of hydrogen-bond acceptors (Lipinski definition) is 3. The first-order chi connectivity index (χ1) is 8.72. The molecule has 0 spiro atoms. The summed E-state index contributed by atoms with van der Waals surface area (Å²) in [5.74, 6) is 0. The highest BCUT2D eigenvalue weighted by Crippen LogP contribution is 2.44. The Morgan fingerprint density at radius 2 is 2.11 bits per heavy atom. The Balaban J connectivity index is 2.23. The van der Waals surface area contributed by atoms with Gasteiger partial charge >= 0.3 is 0 Å². The van der Waals surface area contributed by atoms with Gasteiger partial charge in [0.2, 0.25) is 0 Å². The lowest BCUT2D eigenvalue weighted by atomic mass is 9.90. The third-order valence-corrected chi connectivity index (χ3v) is 5.09. The lowest BCUT2D eigenvalue weighted by Gasteiger charge is -2.36. The van der Waals surface area contributed by atoms with Gasteiger partial charge in [0.15, 0.2) is 0 Å². The number of methoxy groups -OCH3 is 1. The van der Waals surface area contributed by atoms with Crippen LogP contribution >= 0.6 is 11.3 Å². The molecule has 1 aromatic rings. The standard InChI is InChI=1S/C15H25NOS/c1-4-11-16-14(13-8-7-12(2)18-13)15(17-3)9-5-6-10-15/h7-8,14,16H,4-6,9-11H2,1-3H3. The molecule has 18 heavy (non-hydrogen) atoms. The average Bonchev–Trinajstić information content (AvgIpc) is 3.00. The second kappa shape index (κ2) is 6.18. The predicted octanol–water partition coefficient (Wildman–Crippen LogP) is 4.06. The Morgan fingerprint density at radius 3 is 2.61 bits per heavy atom. The van der Waals surface area contributed by atoms with Crippen molar-refractivity contribution in [2.45, 2.75) is 57.6 Å². The van der Waals surface area contributed by atoms with E-state index in [1.165, 1.54) is 41.9 Å². The van der Waals surface area contributed by atoms with Crippen LogP contribution in [0.3, 0.4) is 0 Å². The van der Waals surface area contributed by atoms with Crippen molar-refractivity contribution >= 4 is 11.3 Å². The van der Waals surface area contributed by atoms with Gasteiger partial charge in [0.25, 0.3) is 0 Å². The summed E-state index contributed by atoms with van der Waals surface area (Å²) in [5, 5.41) is 3.72. The molecule has 1 fully saturated rings. The summed E-state index contributed by atoms with van der Waals surface area (Å²) < 4.78 is 5.97. The lowest BCUT2D eigenvalue weighted by Crippen LogP contribution is -2.43. The Kier molecular flexibility index (Phi) is 4.82. The van der Waals surface area contributed by atoms with E-state index in [0.29, 0.717) is 6.04 Å². The fourth-order valence-electron chi connectivity index (χ4n) is 3.03. The smallest absolute Gasteiger partial charge is 0.0880 e. The molecule has 0 bridgehead atoms. The van der Waals surface area contributed by atoms with E-state index >= 15 is 0 Å². The van der Waals surface area contributed by atoms with Gasteiger partial charge in [0.1, 0.15) is 0 Å². The van der Waals surface area contributed by atoms with E-state index < -0.39 is 0 Å². The summed E-state index contributed by atoms with van der Waals surface area (Å²) in [5.41, 5.74) is 0.0203. The fourth-order valence-corrected chi connectivity index (χ4v) is 4.09. The number of nitrogens with one attached hydrogen (secondary N) is 1. The van der Waals surface area contributed by atoms with Crippen LogP contribution in [0, 0.1) is 6.92 Å². The van der Waals surface area contributed by atoms with Gasteiger partial charge in [0, 0.05) is 16.9 Å². The second-order valence-corrected chi connectivity index (χ2v) is 6.63. The van der Waals surface area contributed by atoms with Crippen molar-refractivity contribution in [3.63, 3.8) is 0 Å². The summed E-state index contributed by atoms with van der Waals surface area (Å²) in [7, 11) is 1.88. The lowest BCUT2D eigenvalue weighted by molar-refractivity contribution is -0.0358. The second-order valence-electron chi connectivity index (χ2n) is 5.31. The van der Waals surface area contributed by atoms with Crippen LogP contribution < -0.4 is 5.32 Å². The number of hydrogen-bond donors (Lipinski definition) is 1. The minimum absolute atomic E-state index is 0.0203. The third-order valence-electron chi connectivity index (χ3n) is 4.03. The molecule has 1 atom stereocenters. The largest absolute Gasteiger partial charge is 0.376 e. The van der Waals surface area contributed by atoms with Gasteiger partial charge in [-0.3, -0.25) is 0 Å². The molecule has 1 heterocycles. The van der Waals surface area contributed by atoms with Crippen LogP contribution in [0.4, 0.5) is 0 Å². The molecule has 2 rings (SSSR count). The van der Waals surface area contributed by atoms with Crippen LogP contribution in [0.5, 0.6) is 0 Å². The monoisotopic (exact) mass is 267 g/mol. The van der Waals surface area contributed by atoms with Gasteiger partial charge in [-0.1, -0.05) is 19.8 Å². The van der Waals surface area contributed by atoms with Crippen molar-refractivity contribution in [1.82, 2.24) is 5.32 Å². The highest BCUT2D eigenvalue weighted by Gasteiger charge is 2.42. The van der Waals surface area contributed by atoms with E-state index in [1.54, 1.807) is 0 Å². The molecule has 0 saturated heterocycles. The summed E-state index contributed by atoms with van der Waals surface area (Å²) >= 11 is 1.90. The van der Waals surface area contributed by atoms with Crippen molar-refractivity contribution in [3.05, 3.63) is 21.9 Å². The Bertz CT molecular complexity index is 368. The molecule has 2 nitrogen and oxygen atoms in total. The quantitative estimate of drug-likeness (QED) is 0.839. The van der Waals surface area contributed by atoms with Crippen molar-refractivity contribution in [2.24, 2.45) is 0 Å². The maximum atomic E-state index is 5.97. The zero-order valence-corrected chi connectivity index (χ0v) is 12.6. The van der Waals surface area contributed by atoms with E-state index in [1.807, 2.05) is 18.4 Å². The number of rotatable bonds is 6.